The van der Waals surface area contributed by atoms with Gasteiger partial charge in [-0.15, -0.1) is 0 Å². The molecule has 0 amide bonds. The molecule has 5 rings (SSSR count). The largest absolute Gasteiger partial charge is 0.416 e. The zero-order valence-corrected chi connectivity index (χ0v) is 28.2. The first-order valence-electron chi connectivity index (χ1n) is 15.6. The molecular weight excluding hydrogens is 802 g/mol. The third kappa shape index (κ3) is 8.77. The summed E-state index contributed by atoms with van der Waals surface area (Å²) in [5.41, 5.74) is -13.1. The maximum Gasteiger partial charge on any atom is 0.416 e. The molecule has 0 bridgehead atoms. The Labute approximate surface area is 316 Å². The highest BCUT2D eigenvalue weighted by molar-refractivity contribution is 5.87. The fourth-order valence-corrected chi connectivity index (χ4v) is 5.85. The van der Waals surface area contributed by atoms with Gasteiger partial charge in [-0.05, 0) is 129 Å². The molecule has 0 unspecified atom stereocenters. The van der Waals surface area contributed by atoms with Crippen molar-refractivity contribution >= 4 is 11.1 Å². The van der Waals surface area contributed by atoms with E-state index in [1.807, 2.05) is 0 Å². The van der Waals surface area contributed by atoms with Gasteiger partial charge in [0, 0.05) is 10.4 Å². The molecule has 0 aliphatic rings. The van der Waals surface area contributed by atoms with Crippen molar-refractivity contribution < 1.29 is 61.5 Å². The summed E-state index contributed by atoms with van der Waals surface area (Å²) >= 11 is 0. The first kappa shape index (κ1) is 42.0. The third-order valence-electron chi connectivity index (χ3n) is 8.40. The molecule has 0 aliphatic carbocycles. The first-order chi connectivity index (χ1) is 26.9. The van der Waals surface area contributed by atoms with E-state index in [2.05, 4.69) is 0 Å². The second kappa shape index (κ2) is 15.1. The molecule has 0 N–H and O–H groups in total. The first-order valence-corrected chi connectivity index (χ1v) is 15.6. The number of halogens is 14. The number of alkyl halides is 12. The van der Waals surface area contributed by atoms with Gasteiger partial charge in [0.2, 0.25) is 0 Å². The van der Waals surface area contributed by atoms with Gasteiger partial charge >= 0.3 is 24.7 Å². The van der Waals surface area contributed by atoms with Crippen LogP contribution >= 0.6 is 0 Å². The molecule has 292 valence electrons. The topological polar surface area (TPSA) is 95.2 Å². The lowest BCUT2D eigenvalue weighted by molar-refractivity contribution is -0.144. The smallest absolute Gasteiger partial charge is 0.207 e. The number of hydrogen-bond donors (Lipinski definition) is 0. The van der Waals surface area contributed by atoms with Crippen LogP contribution in [0, 0.1) is 57.0 Å². The van der Waals surface area contributed by atoms with Crippen molar-refractivity contribution in [1.29, 1.82) is 21.0 Å². The minimum atomic E-state index is -5.30. The molecule has 0 heterocycles. The van der Waals surface area contributed by atoms with Crippen LogP contribution in [0.1, 0.15) is 22.3 Å². The van der Waals surface area contributed by atoms with Crippen molar-refractivity contribution in [2.24, 2.45) is 0 Å². The quantitative estimate of drug-likeness (QED) is 0.169. The number of rotatable bonds is 4. The van der Waals surface area contributed by atoms with Crippen LogP contribution in [0.15, 0.2) is 84.9 Å². The van der Waals surface area contributed by atoms with Crippen LogP contribution in [0.25, 0.3) is 55.7 Å². The van der Waals surface area contributed by atoms with E-state index in [4.69, 9.17) is 0 Å². The van der Waals surface area contributed by atoms with Crippen molar-refractivity contribution in [1.82, 2.24) is 0 Å². The lowest BCUT2D eigenvalue weighted by Gasteiger charge is -2.16. The summed E-state index contributed by atoms with van der Waals surface area (Å²) in [6.45, 7) is 0. The Balaban J connectivity index is 1.88. The summed E-state index contributed by atoms with van der Waals surface area (Å²) in [5, 5.41) is 38.4. The average molecular weight is 817 g/mol. The van der Waals surface area contributed by atoms with Gasteiger partial charge in [0.1, 0.15) is 47.1 Å². The SMILES string of the molecule is N#CC(C#N)=c1cc(-c2cc(F)cc(-c3cc(C(F)(F)F)cc(C(F)(F)F)c3)c2)c(=C(C#N)C#N)cc1-c1cc(F)cc(-c2cc(C(F)(F)F)cc(C(F)(F)F)c2)c1. The summed E-state index contributed by atoms with van der Waals surface area (Å²) in [6.07, 6.45) is -21.2. The maximum atomic E-state index is 15.3. The van der Waals surface area contributed by atoms with Crippen LogP contribution in [0.4, 0.5) is 61.5 Å². The van der Waals surface area contributed by atoms with Crippen LogP contribution in [-0.2, 0) is 24.7 Å². The van der Waals surface area contributed by atoms with E-state index in [-0.39, 0.29) is 12.1 Å². The highest BCUT2D eigenvalue weighted by atomic mass is 19.4. The summed E-state index contributed by atoms with van der Waals surface area (Å²) in [4.78, 5) is 0. The van der Waals surface area contributed by atoms with Crippen molar-refractivity contribution in [2.75, 3.05) is 0 Å². The Bertz CT molecular complexity index is 2510. The fourth-order valence-electron chi connectivity index (χ4n) is 5.85. The molecule has 58 heavy (non-hydrogen) atoms. The van der Waals surface area contributed by atoms with E-state index in [0.29, 0.717) is 48.5 Å². The van der Waals surface area contributed by atoms with Gasteiger partial charge in [0.15, 0.2) is 0 Å². The van der Waals surface area contributed by atoms with E-state index < -0.39 is 125 Å². The van der Waals surface area contributed by atoms with Crippen molar-refractivity contribution in [3.63, 3.8) is 0 Å². The normalized spacial score (nSPS) is 11.9. The second-order valence-electron chi connectivity index (χ2n) is 12.2. The number of nitriles is 4. The highest BCUT2D eigenvalue weighted by Crippen LogP contribution is 2.41. The van der Waals surface area contributed by atoms with Crippen molar-refractivity contribution in [2.45, 2.75) is 24.7 Å². The lowest BCUT2D eigenvalue weighted by Crippen LogP contribution is -2.19. The molecule has 5 aromatic rings. The Morgan fingerprint density at radius 2 is 0.569 bits per heavy atom. The van der Waals surface area contributed by atoms with E-state index in [1.54, 1.807) is 0 Å². The fraction of sp³-hybridized carbons (Fsp3) is 0.100. The molecule has 5 aromatic carbocycles. The molecule has 0 radical (unpaired) electrons. The minimum Gasteiger partial charge on any atom is -0.207 e. The summed E-state index contributed by atoms with van der Waals surface area (Å²) in [7, 11) is 0. The van der Waals surface area contributed by atoms with Gasteiger partial charge in [-0.2, -0.15) is 73.7 Å². The van der Waals surface area contributed by atoms with Gasteiger partial charge in [-0.1, -0.05) is 0 Å². The standard InChI is InChI=1S/C40H14F14N4/c41-31-7-19(21-3-27(37(43,44)45)11-28(4-21)38(46,47)48)1-23(9-31)33-13-36(26(17-57)18-58)34(14-35(33)25(15-55)16-56)24-2-20(8-32(42)10-24)22-5-29(39(49,50)51)12-30(6-22)40(52,53)54/h1-14H. The van der Waals surface area contributed by atoms with Gasteiger partial charge in [-0.25, -0.2) is 8.78 Å². The molecular formula is C40H14F14N4. The van der Waals surface area contributed by atoms with E-state index in [1.165, 1.54) is 24.3 Å². The molecule has 18 heteroatoms. The molecule has 0 spiro atoms. The lowest BCUT2D eigenvalue weighted by atomic mass is 9.89. The van der Waals surface area contributed by atoms with E-state index >= 15 is 8.78 Å². The Hall–Kier alpha value is -7.18. The van der Waals surface area contributed by atoms with Crippen LogP contribution in [0.3, 0.4) is 0 Å². The van der Waals surface area contributed by atoms with Gasteiger partial charge in [-0.3, -0.25) is 0 Å². The predicted octanol–water partition coefficient (Wildman–Crippen LogP) is 11.1. The molecule has 0 fully saturated rings. The van der Waals surface area contributed by atoms with Crippen molar-refractivity contribution in [3.05, 3.63) is 129 Å². The number of benzene rings is 5. The molecule has 4 nitrogen and oxygen atoms in total. The van der Waals surface area contributed by atoms with Gasteiger partial charge < -0.3 is 0 Å². The molecule has 0 atom stereocenters. The maximum absolute atomic E-state index is 15.3. The Morgan fingerprint density at radius 1 is 0.328 bits per heavy atom. The van der Waals surface area contributed by atoms with Crippen LogP contribution in [0.2, 0.25) is 0 Å². The minimum absolute atomic E-state index is 0.172. The molecule has 0 aromatic heterocycles. The molecule has 0 aliphatic heterocycles. The van der Waals surface area contributed by atoms with E-state index in [9.17, 15) is 73.7 Å². The number of hydrogen-bond acceptors (Lipinski definition) is 4. The summed E-state index contributed by atoms with van der Waals surface area (Å²) in [6, 6.07) is 12.9. The van der Waals surface area contributed by atoms with E-state index in [0.717, 1.165) is 24.3 Å². The van der Waals surface area contributed by atoms with Crippen LogP contribution < -0.4 is 10.4 Å². The monoisotopic (exact) mass is 816 g/mol. The Kier molecular flexibility index (Phi) is 10.9. The molecule has 0 saturated heterocycles. The van der Waals surface area contributed by atoms with Gasteiger partial charge in [0.25, 0.3) is 0 Å². The number of nitrogens with zero attached hydrogens (tertiary/aromatic N) is 4. The van der Waals surface area contributed by atoms with Crippen molar-refractivity contribution in [3.8, 4) is 68.8 Å². The zero-order valence-electron chi connectivity index (χ0n) is 28.2. The van der Waals surface area contributed by atoms with Gasteiger partial charge in [0.05, 0.1) is 22.3 Å². The highest BCUT2D eigenvalue weighted by Gasteiger charge is 2.38. The second-order valence-corrected chi connectivity index (χ2v) is 12.2. The third-order valence-corrected chi connectivity index (χ3v) is 8.40. The summed E-state index contributed by atoms with van der Waals surface area (Å²) in [5.74, 6) is -2.55. The summed E-state index contributed by atoms with van der Waals surface area (Å²) < 4.78 is 195. The average Bonchev–Trinajstić information content (AvgIpc) is 3.13. The predicted molar refractivity (Wildman–Crippen MR) is 177 cm³/mol. The van der Waals surface area contributed by atoms with Crippen LogP contribution in [0.5, 0.6) is 0 Å². The molecule has 0 saturated carbocycles. The Morgan fingerprint density at radius 3 is 0.810 bits per heavy atom. The zero-order chi connectivity index (χ0) is 43.1. The van der Waals surface area contributed by atoms with Crippen LogP contribution in [-0.4, -0.2) is 0 Å².